The second-order valence-corrected chi connectivity index (χ2v) is 11.1. The molecule has 1 aliphatic heterocycles. The van der Waals surface area contributed by atoms with Gasteiger partial charge in [0.2, 0.25) is 0 Å². The number of aromatic nitrogens is 2. The van der Waals surface area contributed by atoms with Crippen molar-refractivity contribution in [3.63, 3.8) is 0 Å². The molecule has 2 heterocycles. The average molecular weight is 479 g/mol. The number of nitriles is 1. The zero-order chi connectivity index (χ0) is 25.0. The van der Waals surface area contributed by atoms with Gasteiger partial charge < -0.3 is 0 Å². The standard InChI is InChI=1S/C30H30N4O2/c1-3-9-33-28(35)25(19(2)26(17-31)29(33)36)13-23-18-34(24-7-5-4-6-8-24)32-27(23)30-14-20-10-21(15-30)12-22(11-20)16-30/h3-8,13,18,20-22H,1,9-12,14-16H2,2H3/b25-13+. The van der Waals surface area contributed by atoms with Crippen LogP contribution in [0.5, 0.6) is 0 Å². The maximum atomic E-state index is 13.5. The Hall–Kier alpha value is -3.72. The van der Waals surface area contributed by atoms with E-state index in [4.69, 9.17) is 5.10 Å². The Balaban J connectivity index is 1.52. The Kier molecular flexibility index (Phi) is 5.33. The van der Waals surface area contributed by atoms with Crippen LogP contribution in [-0.2, 0) is 15.0 Å². The van der Waals surface area contributed by atoms with E-state index in [-0.39, 0.29) is 23.4 Å². The molecule has 4 saturated carbocycles. The van der Waals surface area contributed by atoms with E-state index in [9.17, 15) is 14.9 Å². The van der Waals surface area contributed by atoms with Crippen LogP contribution in [0.2, 0.25) is 0 Å². The van der Waals surface area contributed by atoms with Gasteiger partial charge in [0.1, 0.15) is 11.6 Å². The number of hydrogen-bond donors (Lipinski definition) is 0. The van der Waals surface area contributed by atoms with Gasteiger partial charge in [-0.15, -0.1) is 6.58 Å². The van der Waals surface area contributed by atoms with Crippen molar-refractivity contribution in [3.05, 3.63) is 77.2 Å². The van der Waals surface area contributed by atoms with Crippen LogP contribution in [0.15, 0.2) is 65.9 Å². The first-order valence-electron chi connectivity index (χ1n) is 12.9. The van der Waals surface area contributed by atoms with Gasteiger partial charge in [-0.3, -0.25) is 14.5 Å². The Morgan fingerprint density at radius 1 is 1.08 bits per heavy atom. The fourth-order valence-corrected chi connectivity index (χ4v) is 7.60. The van der Waals surface area contributed by atoms with Crippen LogP contribution >= 0.6 is 0 Å². The highest BCUT2D eigenvalue weighted by Gasteiger charge is 2.53. The van der Waals surface area contributed by atoms with E-state index in [1.54, 1.807) is 6.92 Å². The summed E-state index contributed by atoms with van der Waals surface area (Å²) in [5.74, 6) is 1.31. The summed E-state index contributed by atoms with van der Waals surface area (Å²) in [5.41, 5.74) is 3.78. The van der Waals surface area contributed by atoms with Crippen LogP contribution in [-0.4, -0.2) is 33.0 Å². The Morgan fingerprint density at radius 2 is 1.72 bits per heavy atom. The second-order valence-electron chi connectivity index (χ2n) is 11.1. The van der Waals surface area contributed by atoms with E-state index in [0.29, 0.717) is 11.1 Å². The van der Waals surface area contributed by atoms with Gasteiger partial charge in [-0.1, -0.05) is 24.3 Å². The second kappa shape index (κ2) is 8.44. The third-order valence-corrected chi connectivity index (χ3v) is 8.74. The van der Waals surface area contributed by atoms with Gasteiger partial charge in [0.25, 0.3) is 11.8 Å². The predicted octanol–water partition coefficient (Wildman–Crippen LogP) is 5.12. The zero-order valence-corrected chi connectivity index (χ0v) is 20.6. The molecule has 2 amide bonds. The molecule has 7 rings (SSSR count). The summed E-state index contributed by atoms with van der Waals surface area (Å²) in [6.07, 6.45) is 12.8. The van der Waals surface area contributed by atoms with Gasteiger partial charge >= 0.3 is 0 Å². The number of carbonyl (C=O) groups excluding carboxylic acids is 2. The molecule has 0 radical (unpaired) electrons. The van der Waals surface area contributed by atoms with Crippen LogP contribution in [0, 0.1) is 29.1 Å². The third kappa shape index (κ3) is 3.49. The Bertz CT molecular complexity index is 1340. The maximum Gasteiger partial charge on any atom is 0.271 e. The van der Waals surface area contributed by atoms with Crippen LogP contribution in [0.3, 0.4) is 0 Å². The molecular formula is C30H30N4O2. The monoisotopic (exact) mass is 478 g/mol. The highest BCUT2D eigenvalue weighted by Crippen LogP contribution is 2.61. The van der Waals surface area contributed by atoms with E-state index in [2.05, 4.69) is 6.58 Å². The number of nitrogens with zero attached hydrogens (tertiary/aromatic N) is 4. The Labute approximate surface area is 211 Å². The number of para-hydroxylation sites is 1. The van der Waals surface area contributed by atoms with E-state index in [0.717, 1.165) is 58.9 Å². The first kappa shape index (κ1) is 22.7. The molecule has 6 heteroatoms. The molecule has 2 aromatic rings. The topological polar surface area (TPSA) is 79.0 Å². The van der Waals surface area contributed by atoms with Gasteiger partial charge in [0, 0.05) is 29.3 Å². The molecule has 5 aliphatic rings. The van der Waals surface area contributed by atoms with E-state index >= 15 is 0 Å². The molecule has 0 spiro atoms. The summed E-state index contributed by atoms with van der Waals surface area (Å²) in [6.45, 7) is 5.44. The highest BCUT2D eigenvalue weighted by molar-refractivity contribution is 6.19. The lowest BCUT2D eigenvalue weighted by atomic mass is 9.48. The van der Waals surface area contributed by atoms with E-state index < -0.39 is 5.91 Å². The van der Waals surface area contributed by atoms with Crippen molar-refractivity contribution in [2.45, 2.75) is 50.9 Å². The molecule has 0 atom stereocenters. The number of carbonyl (C=O) groups is 2. The molecule has 1 aromatic carbocycles. The smallest absolute Gasteiger partial charge is 0.270 e. The van der Waals surface area contributed by atoms with Crippen molar-refractivity contribution < 1.29 is 9.59 Å². The number of amides is 2. The molecular weight excluding hydrogens is 448 g/mol. The molecule has 1 aromatic heterocycles. The lowest BCUT2D eigenvalue weighted by molar-refractivity contribution is -0.139. The fraction of sp³-hybridized carbons (Fsp3) is 0.400. The van der Waals surface area contributed by atoms with Gasteiger partial charge in [-0.2, -0.15) is 10.4 Å². The van der Waals surface area contributed by atoms with Crippen molar-refractivity contribution in [3.8, 4) is 11.8 Å². The van der Waals surface area contributed by atoms with Crippen molar-refractivity contribution in [2.24, 2.45) is 17.8 Å². The summed E-state index contributed by atoms with van der Waals surface area (Å²) in [4.78, 5) is 27.3. The first-order valence-corrected chi connectivity index (χ1v) is 12.9. The molecule has 0 saturated heterocycles. The minimum absolute atomic E-state index is 0.00880. The van der Waals surface area contributed by atoms with Gasteiger partial charge in [-0.05, 0) is 87.0 Å². The summed E-state index contributed by atoms with van der Waals surface area (Å²) in [5, 5.41) is 14.9. The van der Waals surface area contributed by atoms with Gasteiger partial charge in [-0.25, -0.2) is 4.68 Å². The van der Waals surface area contributed by atoms with E-state index in [1.807, 2.05) is 53.4 Å². The minimum Gasteiger partial charge on any atom is -0.270 e. The first-order chi connectivity index (χ1) is 17.4. The highest BCUT2D eigenvalue weighted by atomic mass is 16.2. The summed E-state index contributed by atoms with van der Waals surface area (Å²) in [6, 6.07) is 12.1. The molecule has 4 fully saturated rings. The van der Waals surface area contributed by atoms with Gasteiger partial charge in [0.15, 0.2) is 0 Å². The average Bonchev–Trinajstić information content (AvgIpc) is 3.30. The lowest BCUT2D eigenvalue weighted by Gasteiger charge is -2.56. The lowest BCUT2D eigenvalue weighted by Crippen LogP contribution is -2.49. The molecule has 0 unspecified atom stereocenters. The molecule has 182 valence electrons. The van der Waals surface area contributed by atoms with Crippen LogP contribution < -0.4 is 0 Å². The number of benzene rings is 1. The number of imide groups is 1. The molecule has 36 heavy (non-hydrogen) atoms. The van der Waals surface area contributed by atoms with Crippen molar-refractivity contribution in [1.29, 1.82) is 5.26 Å². The summed E-state index contributed by atoms with van der Waals surface area (Å²) < 4.78 is 1.92. The van der Waals surface area contributed by atoms with Crippen molar-refractivity contribution >= 4 is 17.9 Å². The molecule has 4 bridgehead atoms. The number of rotatable bonds is 5. The zero-order valence-electron chi connectivity index (χ0n) is 20.6. The normalized spacial score (nSPS) is 30.3. The summed E-state index contributed by atoms with van der Waals surface area (Å²) >= 11 is 0. The largest absolute Gasteiger partial charge is 0.271 e. The molecule has 0 N–H and O–H groups in total. The molecule has 6 nitrogen and oxygen atoms in total. The van der Waals surface area contributed by atoms with Crippen molar-refractivity contribution in [2.75, 3.05) is 6.54 Å². The predicted molar refractivity (Wildman–Crippen MR) is 137 cm³/mol. The maximum absolute atomic E-state index is 13.5. The minimum atomic E-state index is -0.557. The van der Waals surface area contributed by atoms with Crippen LogP contribution in [0.1, 0.15) is 56.7 Å². The Morgan fingerprint density at radius 3 is 2.31 bits per heavy atom. The fourth-order valence-electron chi connectivity index (χ4n) is 7.60. The van der Waals surface area contributed by atoms with Gasteiger partial charge in [0.05, 0.1) is 11.4 Å². The number of hydrogen-bond acceptors (Lipinski definition) is 4. The quantitative estimate of drug-likeness (QED) is 0.340. The third-order valence-electron chi connectivity index (χ3n) is 8.74. The van der Waals surface area contributed by atoms with Crippen LogP contribution in [0.4, 0.5) is 0 Å². The SMILES string of the molecule is C=CCN1C(=O)C(C#N)=C(C)/C(=C\c2cn(-c3ccccc3)nc2C23CC4CC(CC(C4)C2)C3)C1=O. The van der Waals surface area contributed by atoms with Crippen molar-refractivity contribution in [1.82, 2.24) is 14.7 Å². The summed E-state index contributed by atoms with van der Waals surface area (Å²) in [7, 11) is 0. The van der Waals surface area contributed by atoms with Crippen LogP contribution in [0.25, 0.3) is 11.8 Å². The van der Waals surface area contributed by atoms with E-state index in [1.165, 1.54) is 25.3 Å². The molecule has 4 aliphatic carbocycles.